The van der Waals surface area contributed by atoms with Gasteiger partial charge in [-0.05, 0) is 48.6 Å². The maximum absolute atomic E-state index is 13.3. The van der Waals surface area contributed by atoms with E-state index >= 15 is 0 Å². The molecule has 3 heterocycles. The molecular formula is C19H23FN2O. The van der Waals surface area contributed by atoms with Crippen LogP contribution in [-0.2, 0) is 13.1 Å². The summed E-state index contributed by atoms with van der Waals surface area (Å²) in [5, 5.41) is 0. The van der Waals surface area contributed by atoms with Gasteiger partial charge in [0.15, 0.2) is 0 Å². The fraction of sp³-hybridized carbons (Fsp3) is 0.474. The highest BCUT2D eigenvalue weighted by atomic mass is 19.1. The molecule has 2 aromatic rings. The monoisotopic (exact) mass is 314 g/mol. The van der Waals surface area contributed by atoms with Crippen LogP contribution < -0.4 is 0 Å². The number of likely N-dealkylation sites (tertiary alicyclic amines) is 2. The lowest BCUT2D eigenvalue weighted by Gasteiger charge is -2.20. The van der Waals surface area contributed by atoms with Crippen molar-refractivity contribution < 1.29 is 8.81 Å². The maximum Gasteiger partial charge on any atom is 0.123 e. The molecule has 23 heavy (non-hydrogen) atoms. The van der Waals surface area contributed by atoms with Gasteiger partial charge in [0, 0.05) is 32.7 Å². The third-order valence-corrected chi connectivity index (χ3v) is 5.11. The molecule has 122 valence electrons. The first-order chi connectivity index (χ1) is 11.2. The van der Waals surface area contributed by atoms with E-state index in [1.807, 2.05) is 19.1 Å². The van der Waals surface area contributed by atoms with Crippen molar-refractivity contribution in [2.45, 2.75) is 20.0 Å². The van der Waals surface area contributed by atoms with E-state index in [1.54, 1.807) is 12.1 Å². The molecule has 2 aliphatic rings. The molecule has 1 aromatic heterocycles. The molecule has 0 radical (unpaired) electrons. The Morgan fingerprint density at radius 1 is 1.00 bits per heavy atom. The first-order valence-corrected chi connectivity index (χ1v) is 8.40. The van der Waals surface area contributed by atoms with Crippen LogP contribution in [0.1, 0.15) is 17.1 Å². The molecule has 0 spiro atoms. The molecule has 4 heteroatoms. The highest BCUT2D eigenvalue weighted by molar-refractivity contribution is 5.16. The Hall–Kier alpha value is -1.65. The van der Waals surface area contributed by atoms with Crippen LogP contribution in [0.25, 0.3) is 0 Å². The van der Waals surface area contributed by atoms with Crippen LogP contribution in [0.4, 0.5) is 4.39 Å². The minimum atomic E-state index is -0.137. The van der Waals surface area contributed by atoms with Crippen LogP contribution in [0.15, 0.2) is 40.8 Å². The van der Waals surface area contributed by atoms with Crippen molar-refractivity contribution in [1.29, 1.82) is 0 Å². The average Bonchev–Trinajstić information content (AvgIpc) is 3.14. The van der Waals surface area contributed by atoms with Crippen molar-refractivity contribution in [3.8, 4) is 0 Å². The van der Waals surface area contributed by atoms with E-state index in [1.165, 1.54) is 6.07 Å². The van der Waals surface area contributed by atoms with E-state index in [2.05, 4.69) is 15.9 Å². The lowest BCUT2D eigenvalue weighted by Crippen LogP contribution is -2.28. The van der Waals surface area contributed by atoms with E-state index in [4.69, 9.17) is 4.42 Å². The second kappa shape index (κ2) is 6.10. The number of hydrogen-bond acceptors (Lipinski definition) is 3. The smallest absolute Gasteiger partial charge is 0.123 e. The summed E-state index contributed by atoms with van der Waals surface area (Å²) in [7, 11) is 0. The molecule has 2 aliphatic heterocycles. The number of nitrogens with zero attached hydrogens (tertiary/aromatic N) is 2. The average molecular weight is 314 g/mol. The number of aryl methyl sites for hydroxylation is 1. The van der Waals surface area contributed by atoms with Crippen LogP contribution in [0.5, 0.6) is 0 Å². The third-order valence-electron chi connectivity index (χ3n) is 5.11. The van der Waals surface area contributed by atoms with Gasteiger partial charge < -0.3 is 4.42 Å². The first kappa shape index (κ1) is 14.9. The molecule has 0 unspecified atom stereocenters. The van der Waals surface area contributed by atoms with Crippen molar-refractivity contribution in [2.24, 2.45) is 11.8 Å². The van der Waals surface area contributed by atoms with Gasteiger partial charge >= 0.3 is 0 Å². The molecule has 2 fully saturated rings. The Morgan fingerprint density at radius 3 is 2.30 bits per heavy atom. The number of hydrogen-bond donors (Lipinski definition) is 0. The number of halogens is 1. The zero-order valence-electron chi connectivity index (χ0n) is 13.5. The molecule has 0 bridgehead atoms. The molecular weight excluding hydrogens is 291 g/mol. The van der Waals surface area contributed by atoms with Gasteiger partial charge in [-0.2, -0.15) is 0 Å². The topological polar surface area (TPSA) is 19.6 Å². The van der Waals surface area contributed by atoms with Crippen LogP contribution in [0, 0.1) is 24.6 Å². The molecule has 4 rings (SSSR count). The predicted molar refractivity (Wildman–Crippen MR) is 87.4 cm³/mol. The Labute approximate surface area is 136 Å². The summed E-state index contributed by atoms with van der Waals surface area (Å²) in [6.07, 6.45) is 0. The van der Waals surface area contributed by atoms with Crippen LogP contribution in [-0.4, -0.2) is 36.0 Å². The van der Waals surface area contributed by atoms with Crippen molar-refractivity contribution in [2.75, 3.05) is 26.2 Å². The number of benzene rings is 1. The maximum atomic E-state index is 13.3. The number of fused-ring (bicyclic) bond motifs is 1. The van der Waals surface area contributed by atoms with Crippen molar-refractivity contribution in [1.82, 2.24) is 9.80 Å². The molecule has 0 amide bonds. The Bertz CT molecular complexity index is 670. The van der Waals surface area contributed by atoms with E-state index in [-0.39, 0.29) is 5.82 Å². The van der Waals surface area contributed by atoms with Gasteiger partial charge in [-0.3, -0.25) is 9.80 Å². The summed E-state index contributed by atoms with van der Waals surface area (Å²) >= 11 is 0. The van der Waals surface area contributed by atoms with Crippen molar-refractivity contribution in [3.05, 3.63) is 59.3 Å². The number of rotatable bonds is 4. The summed E-state index contributed by atoms with van der Waals surface area (Å²) in [6, 6.07) is 11.1. The molecule has 0 N–H and O–H groups in total. The fourth-order valence-corrected chi connectivity index (χ4v) is 4.13. The Morgan fingerprint density at radius 2 is 1.70 bits per heavy atom. The Balaban J connectivity index is 1.31. The summed E-state index contributed by atoms with van der Waals surface area (Å²) in [5.41, 5.74) is 1.08. The van der Waals surface area contributed by atoms with Gasteiger partial charge in [-0.1, -0.05) is 12.1 Å². The predicted octanol–water partition coefficient (Wildman–Crippen LogP) is 3.29. The molecule has 1 aromatic carbocycles. The lowest BCUT2D eigenvalue weighted by atomic mass is 10.0. The van der Waals surface area contributed by atoms with Crippen molar-refractivity contribution in [3.63, 3.8) is 0 Å². The van der Waals surface area contributed by atoms with Crippen LogP contribution in [0.2, 0.25) is 0 Å². The zero-order chi connectivity index (χ0) is 15.8. The second-order valence-electron chi connectivity index (χ2n) is 7.05. The fourth-order valence-electron chi connectivity index (χ4n) is 4.13. The summed E-state index contributed by atoms with van der Waals surface area (Å²) < 4.78 is 19.0. The molecule has 2 saturated heterocycles. The highest BCUT2D eigenvalue weighted by Crippen LogP contribution is 2.32. The summed E-state index contributed by atoms with van der Waals surface area (Å²) in [5.74, 6) is 3.39. The van der Waals surface area contributed by atoms with E-state index in [0.29, 0.717) is 0 Å². The standard InChI is InChI=1S/C19H23FN2O/c1-14-5-6-19(23-14)13-22-11-16-9-21(10-17(16)12-22)8-15-3-2-4-18(20)7-15/h2-7,16-17H,8-13H2,1H3/t16-,17-/m1/s1. The van der Waals surface area contributed by atoms with E-state index < -0.39 is 0 Å². The highest BCUT2D eigenvalue weighted by Gasteiger charge is 2.39. The molecule has 0 aliphatic carbocycles. The Kier molecular flexibility index (Phi) is 3.95. The minimum Gasteiger partial charge on any atom is -0.465 e. The van der Waals surface area contributed by atoms with E-state index in [0.717, 1.165) is 68.2 Å². The first-order valence-electron chi connectivity index (χ1n) is 8.40. The van der Waals surface area contributed by atoms with Gasteiger partial charge in [0.2, 0.25) is 0 Å². The normalized spacial score (nSPS) is 25.1. The minimum absolute atomic E-state index is 0.137. The SMILES string of the molecule is Cc1ccc(CN2C[C@H]3CN(Cc4cccc(F)c4)C[C@@H]3C2)o1. The van der Waals surface area contributed by atoms with Gasteiger partial charge in [0.25, 0.3) is 0 Å². The quantitative estimate of drug-likeness (QED) is 0.863. The molecule has 2 atom stereocenters. The lowest BCUT2D eigenvalue weighted by molar-refractivity contribution is 0.234. The second-order valence-corrected chi connectivity index (χ2v) is 7.05. The van der Waals surface area contributed by atoms with Gasteiger partial charge in [-0.15, -0.1) is 0 Å². The largest absolute Gasteiger partial charge is 0.465 e. The molecule has 3 nitrogen and oxygen atoms in total. The summed E-state index contributed by atoms with van der Waals surface area (Å²) in [6.45, 7) is 8.30. The zero-order valence-corrected chi connectivity index (χ0v) is 13.5. The van der Waals surface area contributed by atoms with Gasteiger partial charge in [0.1, 0.15) is 17.3 Å². The van der Waals surface area contributed by atoms with Crippen molar-refractivity contribution >= 4 is 0 Å². The molecule has 0 saturated carbocycles. The summed E-state index contributed by atoms with van der Waals surface area (Å²) in [4.78, 5) is 4.98. The van der Waals surface area contributed by atoms with Gasteiger partial charge in [-0.25, -0.2) is 4.39 Å². The third kappa shape index (κ3) is 3.33. The van der Waals surface area contributed by atoms with Gasteiger partial charge in [0.05, 0.1) is 6.54 Å². The number of furan rings is 1. The van der Waals surface area contributed by atoms with Crippen LogP contribution >= 0.6 is 0 Å². The van der Waals surface area contributed by atoms with Crippen LogP contribution in [0.3, 0.4) is 0 Å². The van der Waals surface area contributed by atoms with E-state index in [9.17, 15) is 4.39 Å².